The second kappa shape index (κ2) is 6.12. The zero-order chi connectivity index (χ0) is 12.0. The van der Waals surface area contributed by atoms with E-state index in [4.69, 9.17) is 9.84 Å². The van der Waals surface area contributed by atoms with Crippen LogP contribution in [0.4, 0.5) is 0 Å². The summed E-state index contributed by atoms with van der Waals surface area (Å²) in [7, 11) is 1.76. The zero-order valence-electron chi connectivity index (χ0n) is 9.64. The van der Waals surface area contributed by atoms with E-state index in [9.17, 15) is 4.79 Å². The van der Waals surface area contributed by atoms with Crippen molar-refractivity contribution in [2.24, 2.45) is 0 Å². The van der Waals surface area contributed by atoms with Crippen LogP contribution >= 0.6 is 0 Å². The first-order valence-electron chi connectivity index (χ1n) is 5.18. The summed E-state index contributed by atoms with van der Waals surface area (Å²) >= 11 is 0. The Labute approximate surface area is 95.5 Å². The first-order valence-corrected chi connectivity index (χ1v) is 5.18. The largest absolute Gasteiger partial charge is 0.492 e. The summed E-state index contributed by atoms with van der Waals surface area (Å²) in [4.78, 5) is 12.1. The minimum absolute atomic E-state index is 0.0389. The minimum Gasteiger partial charge on any atom is -0.492 e. The Morgan fingerprint density at radius 3 is 2.88 bits per heavy atom. The van der Waals surface area contributed by atoms with Gasteiger partial charge in [-0.25, -0.2) is 0 Å². The summed E-state index contributed by atoms with van der Waals surface area (Å²) in [5, 5.41) is 8.55. The van der Waals surface area contributed by atoms with Gasteiger partial charge in [0, 0.05) is 6.54 Å². The van der Waals surface area contributed by atoms with Gasteiger partial charge in [-0.3, -0.25) is 9.69 Å². The van der Waals surface area contributed by atoms with Crippen molar-refractivity contribution in [2.45, 2.75) is 6.92 Å². The molecular formula is C12H17NO3. The number of aliphatic carboxylic acids is 1. The summed E-state index contributed by atoms with van der Waals surface area (Å²) < 4.78 is 5.50. The Bertz CT molecular complexity index is 352. The lowest BCUT2D eigenvalue weighted by atomic mass is 10.2. The third kappa shape index (κ3) is 4.79. The molecule has 0 aromatic heterocycles. The van der Waals surface area contributed by atoms with Crippen molar-refractivity contribution in [1.29, 1.82) is 0 Å². The molecule has 88 valence electrons. The van der Waals surface area contributed by atoms with Crippen LogP contribution in [0.3, 0.4) is 0 Å². The number of carboxylic acids is 1. The van der Waals surface area contributed by atoms with E-state index in [2.05, 4.69) is 0 Å². The lowest BCUT2D eigenvalue weighted by molar-refractivity contribution is -0.138. The van der Waals surface area contributed by atoms with Gasteiger partial charge >= 0.3 is 5.97 Å². The molecule has 0 bridgehead atoms. The molecule has 0 unspecified atom stereocenters. The molecule has 0 saturated carbocycles. The molecule has 0 aliphatic rings. The van der Waals surface area contributed by atoms with Gasteiger partial charge in [0.1, 0.15) is 12.4 Å². The van der Waals surface area contributed by atoms with E-state index in [0.29, 0.717) is 13.2 Å². The van der Waals surface area contributed by atoms with E-state index in [0.717, 1.165) is 11.3 Å². The van der Waals surface area contributed by atoms with Gasteiger partial charge in [-0.15, -0.1) is 0 Å². The van der Waals surface area contributed by atoms with Crippen LogP contribution in [-0.2, 0) is 4.79 Å². The topological polar surface area (TPSA) is 49.8 Å². The van der Waals surface area contributed by atoms with E-state index in [1.165, 1.54) is 0 Å². The average Bonchev–Trinajstić information content (AvgIpc) is 2.16. The second-order valence-corrected chi connectivity index (χ2v) is 3.80. The average molecular weight is 223 g/mol. The Hall–Kier alpha value is -1.55. The first-order chi connectivity index (χ1) is 7.58. The van der Waals surface area contributed by atoms with Crippen molar-refractivity contribution in [3.05, 3.63) is 29.8 Å². The molecule has 0 amide bonds. The molecule has 0 spiro atoms. The zero-order valence-corrected chi connectivity index (χ0v) is 9.64. The fourth-order valence-corrected chi connectivity index (χ4v) is 1.33. The van der Waals surface area contributed by atoms with Crippen LogP contribution in [0.15, 0.2) is 24.3 Å². The van der Waals surface area contributed by atoms with Crippen molar-refractivity contribution < 1.29 is 14.6 Å². The second-order valence-electron chi connectivity index (χ2n) is 3.80. The highest BCUT2D eigenvalue weighted by Gasteiger charge is 2.03. The van der Waals surface area contributed by atoms with Gasteiger partial charge in [0.05, 0.1) is 6.54 Å². The third-order valence-electron chi connectivity index (χ3n) is 2.14. The number of hydrogen-bond donors (Lipinski definition) is 1. The first kappa shape index (κ1) is 12.5. The molecule has 0 aliphatic carbocycles. The van der Waals surface area contributed by atoms with Crippen LogP contribution in [0.25, 0.3) is 0 Å². The summed E-state index contributed by atoms with van der Waals surface area (Å²) in [6, 6.07) is 7.79. The molecule has 0 saturated heterocycles. The summed E-state index contributed by atoms with van der Waals surface area (Å²) in [6.45, 7) is 3.13. The lowest BCUT2D eigenvalue weighted by Gasteiger charge is -2.14. The smallest absolute Gasteiger partial charge is 0.317 e. The number of benzene rings is 1. The monoisotopic (exact) mass is 223 g/mol. The Morgan fingerprint density at radius 2 is 2.25 bits per heavy atom. The molecule has 1 aromatic carbocycles. The standard InChI is InChI=1S/C12H17NO3/c1-10-4-3-5-11(8-10)16-7-6-13(2)9-12(14)15/h3-5,8H,6-7,9H2,1-2H3,(H,14,15). The van der Waals surface area contributed by atoms with Gasteiger partial charge in [-0.05, 0) is 31.7 Å². The number of ether oxygens (including phenoxy) is 1. The molecule has 16 heavy (non-hydrogen) atoms. The molecule has 0 aliphatic heterocycles. The van der Waals surface area contributed by atoms with E-state index in [-0.39, 0.29) is 6.54 Å². The van der Waals surface area contributed by atoms with Gasteiger partial charge in [-0.2, -0.15) is 0 Å². The Balaban J connectivity index is 2.27. The molecule has 0 atom stereocenters. The van der Waals surface area contributed by atoms with Crippen LogP contribution in [0.2, 0.25) is 0 Å². The van der Waals surface area contributed by atoms with Crippen LogP contribution in [0, 0.1) is 6.92 Å². The highest BCUT2D eigenvalue weighted by molar-refractivity contribution is 5.68. The van der Waals surface area contributed by atoms with E-state index < -0.39 is 5.97 Å². The number of carboxylic acid groups (broad SMARTS) is 1. The number of nitrogens with zero attached hydrogens (tertiary/aromatic N) is 1. The SMILES string of the molecule is Cc1cccc(OCCN(C)CC(=O)O)c1. The van der Waals surface area contributed by atoms with Gasteiger partial charge in [0.15, 0.2) is 0 Å². The number of rotatable bonds is 6. The van der Waals surface area contributed by atoms with E-state index in [1.54, 1.807) is 11.9 Å². The van der Waals surface area contributed by atoms with Gasteiger partial charge in [0.2, 0.25) is 0 Å². The number of carbonyl (C=O) groups is 1. The molecule has 1 rings (SSSR count). The van der Waals surface area contributed by atoms with Crippen molar-refractivity contribution in [3.63, 3.8) is 0 Å². The van der Waals surface area contributed by atoms with Gasteiger partial charge in [-0.1, -0.05) is 12.1 Å². The maximum absolute atomic E-state index is 10.4. The Kier molecular flexibility index (Phi) is 4.79. The third-order valence-corrected chi connectivity index (χ3v) is 2.14. The molecule has 1 N–H and O–H groups in total. The molecule has 0 radical (unpaired) electrons. The van der Waals surface area contributed by atoms with E-state index in [1.807, 2.05) is 31.2 Å². The van der Waals surface area contributed by atoms with Crippen molar-refractivity contribution in [1.82, 2.24) is 4.90 Å². The minimum atomic E-state index is -0.821. The molecular weight excluding hydrogens is 206 g/mol. The highest BCUT2D eigenvalue weighted by atomic mass is 16.5. The molecule has 1 aromatic rings. The van der Waals surface area contributed by atoms with Crippen molar-refractivity contribution in [2.75, 3.05) is 26.7 Å². The van der Waals surface area contributed by atoms with Crippen LogP contribution in [0.1, 0.15) is 5.56 Å². The van der Waals surface area contributed by atoms with Crippen LogP contribution in [0.5, 0.6) is 5.75 Å². The summed E-state index contributed by atoms with van der Waals surface area (Å²) in [6.07, 6.45) is 0. The molecule has 0 fully saturated rings. The normalized spacial score (nSPS) is 10.4. The van der Waals surface area contributed by atoms with Crippen molar-refractivity contribution >= 4 is 5.97 Å². The van der Waals surface area contributed by atoms with Crippen molar-refractivity contribution in [3.8, 4) is 5.75 Å². The van der Waals surface area contributed by atoms with Crippen LogP contribution < -0.4 is 4.74 Å². The fraction of sp³-hybridized carbons (Fsp3) is 0.417. The van der Waals surface area contributed by atoms with Crippen LogP contribution in [-0.4, -0.2) is 42.7 Å². The fourth-order valence-electron chi connectivity index (χ4n) is 1.33. The predicted molar refractivity (Wildman–Crippen MR) is 61.8 cm³/mol. The number of hydrogen-bond acceptors (Lipinski definition) is 3. The maximum atomic E-state index is 10.4. The summed E-state index contributed by atoms with van der Waals surface area (Å²) in [5.41, 5.74) is 1.15. The predicted octanol–water partition coefficient (Wildman–Crippen LogP) is 1.39. The maximum Gasteiger partial charge on any atom is 0.317 e. The number of aryl methyl sites for hydroxylation is 1. The number of likely N-dealkylation sites (N-methyl/N-ethyl adjacent to an activating group) is 1. The Morgan fingerprint density at radius 1 is 1.50 bits per heavy atom. The highest BCUT2D eigenvalue weighted by Crippen LogP contribution is 2.11. The lowest BCUT2D eigenvalue weighted by Crippen LogP contribution is -2.29. The van der Waals surface area contributed by atoms with Gasteiger partial charge < -0.3 is 9.84 Å². The summed E-state index contributed by atoms with van der Waals surface area (Å²) in [5.74, 6) is 0.00165. The van der Waals surface area contributed by atoms with Gasteiger partial charge in [0.25, 0.3) is 0 Å². The molecule has 4 nitrogen and oxygen atoms in total. The van der Waals surface area contributed by atoms with E-state index >= 15 is 0 Å². The molecule has 4 heteroatoms. The molecule has 0 heterocycles. The quantitative estimate of drug-likeness (QED) is 0.791.